The summed E-state index contributed by atoms with van der Waals surface area (Å²) in [5.41, 5.74) is 0. The monoisotopic (exact) mass is 328 g/mol. The Morgan fingerprint density at radius 1 is 1.21 bits per heavy atom. The molecule has 2 aromatic rings. The van der Waals surface area contributed by atoms with Gasteiger partial charge in [-0.3, -0.25) is 4.79 Å². The fraction of sp³-hybridized carbons (Fsp3) is 0.611. The van der Waals surface area contributed by atoms with Gasteiger partial charge < -0.3 is 13.9 Å². The molecule has 0 aliphatic carbocycles. The Morgan fingerprint density at radius 3 is 2.96 bits per heavy atom. The lowest BCUT2D eigenvalue weighted by Gasteiger charge is -2.23. The number of nitrogens with zero attached hydrogens (tertiary/aromatic N) is 4. The Kier molecular flexibility index (Phi) is 4.12. The van der Waals surface area contributed by atoms with Crippen molar-refractivity contribution in [3.63, 3.8) is 0 Å². The quantitative estimate of drug-likeness (QED) is 0.868. The Bertz CT molecular complexity index is 733. The molecule has 0 bridgehead atoms. The number of carbonyl (C=O) groups is 1. The molecule has 2 aliphatic heterocycles. The summed E-state index contributed by atoms with van der Waals surface area (Å²) in [5, 5.41) is 8.85. The molecule has 0 saturated carbocycles. The van der Waals surface area contributed by atoms with E-state index in [9.17, 15) is 4.79 Å². The third-order valence-electron chi connectivity index (χ3n) is 5.17. The van der Waals surface area contributed by atoms with E-state index >= 15 is 0 Å². The van der Waals surface area contributed by atoms with Crippen LogP contribution in [0.2, 0.25) is 0 Å². The fourth-order valence-corrected chi connectivity index (χ4v) is 3.86. The zero-order valence-corrected chi connectivity index (χ0v) is 14.2. The number of aryl methyl sites for hydroxylation is 2. The smallest absolute Gasteiger partial charge is 0.290 e. The zero-order valence-electron chi connectivity index (χ0n) is 14.2. The van der Waals surface area contributed by atoms with E-state index in [1.54, 1.807) is 6.07 Å². The van der Waals surface area contributed by atoms with E-state index in [1.807, 2.05) is 17.9 Å². The van der Waals surface area contributed by atoms with Crippen LogP contribution in [0.25, 0.3) is 0 Å². The minimum Gasteiger partial charge on any atom is -0.456 e. The topological polar surface area (TPSA) is 64.2 Å². The Balaban J connectivity index is 1.61. The number of carbonyl (C=O) groups excluding carboxylic acids is 1. The normalized spacial score (nSPS) is 20.9. The van der Waals surface area contributed by atoms with Crippen LogP contribution in [0, 0.1) is 0 Å². The summed E-state index contributed by atoms with van der Waals surface area (Å²) >= 11 is 0. The molecule has 4 heterocycles. The van der Waals surface area contributed by atoms with Gasteiger partial charge >= 0.3 is 0 Å². The third kappa shape index (κ3) is 2.64. The molecular weight excluding hydrogens is 304 g/mol. The standard InChI is InChI=1S/C18H24N4O2/c1-2-13-9-10-15(24-13)18(23)21-12-6-7-14(21)17-20-19-16-8-4-3-5-11-22(16)17/h9-10,14H,2-8,11-12H2,1H3/t14-/m0/s1. The van der Waals surface area contributed by atoms with Crippen LogP contribution in [0.3, 0.4) is 0 Å². The lowest BCUT2D eigenvalue weighted by molar-refractivity contribution is 0.0693. The molecule has 128 valence electrons. The number of likely N-dealkylation sites (tertiary alicyclic amines) is 1. The van der Waals surface area contributed by atoms with Crippen molar-refractivity contribution >= 4 is 5.91 Å². The number of rotatable bonds is 3. The van der Waals surface area contributed by atoms with Crippen LogP contribution in [0.1, 0.15) is 73.0 Å². The first-order valence-corrected chi connectivity index (χ1v) is 9.09. The van der Waals surface area contributed by atoms with Gasteiger partial charge in [0.25, 0.3) is 5.91 Å². The van der Waals surface area contributed by atoms with Gasteiger partial charge in [0.2, 0.25) is 0 Å². The first-order chi connectivity index (χ1) is 11.8. The van der Waals surface area contributed by atoms with Crippen molar-refractivity contribution in [1.82, 2.24) is 19.7 Å². The zero-order chi connectivity index (χ0) is 16.5. The van der Waals surface area contributed by atoms with Crippen LogP contribution < -0.4 is 0 Å². The van der Waals surface area contributed by atoms with Gasteiger partial charge in [0.05, 0.1) is 6.04 Å². The first kappa shape index (κ1) is 15.4. The van der Waals surface area contributed by atoms with Crippen LogP contribution in [0.15, 0.2) is 16.5 Å². The summed E-state index contributed by atoms with van der Waals surface area (Å²) < 4.78 is 7.92. The third-order valence-corrected chi connectivity index (χ3v) is 5.17. The Labute approximate surface area is 141 Å². The van der Waals surface area contributed by atoms with Gasteiger partial charge in [-0.2, -0.15) is 0 Å². The molecule has 24 heavy (non-hydrogen) atoms. The van der Waals surface area contributed by atoms with Crippen LogP contribution in [0.4, 0.5) is 0 Å². The number of furan rings is 1. The highest BCUT2D eigenvalue weighted by Gasteiger charge is 2.35. The highest BCUT2D eigenvalue weighted by atomic mass is 16.4. The molecule has 1 atom stereocenters. The molecule has 1 fully saturated rings. The largest absolute Gasteiger partial charge is 0.456 e. The van der Waals surface area contributed by atoms with Gasteiger partial charge in [-0.1, -0.05) is 13.3 Å². The highest BCUT2D eigenvalue weighted by Crippen LogP contribution is 2.33. The molecule has 6 heteroatoms. The second-order valence-electron chi connectivity index (χ2n) is 6.71. The van der Waals surface area contributed by atoms with Gasteiger partial charge in [-0.15, -0.1) is 10.2 Å². The van der Waals surface area contributed by atoms with Crippen molar-refractivity contribution in [3.8, 4) is 0 Å². The molecule has 0 spiro atoms. The summed E-state index contributed by atoms with van der Waals surface area (Å²) in [7, 11) is 0. The number of fused-ring (bicyclic) bond motifs is 1. The molecule has 1 amide bonds. The maximum Gasteiger partial charge on any atom is 0.290 e. The van der Waals surface area contributed by atoms with Gasteiger partial charge in [-0.25, -0.2) is 0 Å². The van der Waals surface area contributed by atoms with Crippen LogP contribution in [-0.2, 0) is 19.4 Å². The van der Waals surface area contributed by atoms with Crippen LogP contribution >= 0.6 is 0 Å². The van der Waals surface area contributed by atoms with Crippen molar-refractivity contribution in [2.24, 2.45) is 0 Å². The van der Waals surface area contributed by atoms with Gasteiger partial charge in [0, 0.05) is 25.9 Å². The van der Waals surface area contributed by atoms with Crippen LogP contribution in [0.5, 0.6) is 0 Å². The maximum atomic E-state index is 12.9. The maximum absolute atomic E-state index is 12.9. The number of aromatic nitrogens is 3. The van der Waals surface area contributed by atoms with Gasteiger partial charge in [0.1, 0.15) is 11.6 Å². The molecule has 2 aliphatic rings. The molecular formula is C18H24N4O2. The summed E-state index contributed by atoms with van der Waals surface area (Å²) in [4.78, 5) is 14.8. The fourth-order valence-electron chi connectivity index (χ4n) is 3.86. The first-order valence-electron chi connectivity index (χ1n) is 9.09. The van der Waals surface area contributed by atoms with Crippen molar-refractivity contribution < 1.29 is 9.21 Å². The lowest BCUT2D eigenvalue weighted by atomic mass is 10.2. The van der Waals surface area contributed by atoms with Crippen molar-refractivity contribution in [1.29, 1.82) is 0 Å². The molecule has 4 rings (SSSR count). The van der Waals surface area contributed by atoms with E-state index in [2.05, 4.69) is 14.8 Å². The Hall–Kier alpha value is -2.11. The number of amides is 1. The average molecular weight is 328 g/mol. The number of hydrogen-bond acceptors (Lipinski definition) is 4. The molecule has 6 nitrogen and oxygen atoms in total. The van der Waals surface area contributed by atoms with E-state index in [0.717, 1.165) is 62.6 Å². The van der Waals surface area contributed by atoms with Gasteiger partial charge in [0.15, 0.2) is 11.6 Å². The molecule has 0 N–H and O–H groups in total. The SMILES string of the molecule is CCc1ccc(C(=O)N2CCC[C@H]2c2nnc3n2CCCCC3)o1. The van der Waals surface area contributed by atoms with E-state index in [4.69, 9.17) is 4.42 Å². The predicted octanol–water partition coefficient (Wildman–Crippen LogP) is 3.14. The van der Waals surface area contributed by atoms with E-state index in [0.29, 0.717) is 5.76 Å². The van der Waals surface area contributed by atoms with Crippen molar-refractivity contribution in [2.75, 3.05) is 6.54 Å². The molecule has 0 radical (unpaired) electrons. The Morgan fingerprint density at radius 2 is 2.12 bits per heavy atom. The summed E-state index contributed by atoms with van der Waals surface area (Å²) in [6.45, 7) is 3.75. The number of hydrogen-bond donors (Lipinski definition) is 0. The minimum absolute atomic E-state index is 0.0204. The van der Waals surface area contributed by atoms with Crippen molar-refractivity contribution in [3.05, 3.63) is 35.3 Å². The van der Waals surface area contributed by atoms with Crippen LogP contribution in [-0.4, -0.2) is 32.1 Å². The van der Waals surface area contributed by atoms with E-state index in [1.165, 1.54) is 12.8 Å². The second-order valence-corrected chi connectivity index (χ2v) is 6.71. The molecule has 0 unspecified atom stereocenters. The second kappa shape index (κ2) is 6.42. The highest BCUT2D eigenvalue weighted by molar-refractivity contribution is 5.92. The summed E-state index contributed by atoms with van der Waals surface area (Å²) in [6, 6.07) is 3.70. The summed E-state index contributed by atoms with van der Waals surface area (Å²) in [5.74, 6) is 3.30. The molecule has 0 aromatic carbocycles. The average Bonchev–Trinajstić information content (AvgIpc) is 3.30. The minimum atomic E-state index is -0.0248. The van der Waals surface area contributed by atoms with Crippen molar-refractivity contribution in [2.45, 2.75) is 64.5 Å². The summed E-state index contributed by atoms with van der Waals surface area (Å²) in [6.07, 6.45) is 7.32. The predicted molar refractivity (Wildman–Crippen MR) is 88.7 cm³/mol. The molecule has 2 aromatic heterocycles. The lowest BCUT2D eigenvalue weighted by Crippen LogP contribution is -2.32. The molecule has 1 saturated heterocycles. The van der Waals surface area contributed by atoms with Gasteiger partial charge in [-0.05, 0) is 37.8 Å². The van der Waals surface area contributed by atoms with E-state index < -0.39 is 0 Å². The van der Waals surface area contributed by atoms with E-state index in [-0.39, 0.29) is 11.9 Å².